The van der Waals surface area contributed by atoms with Gasteiger partial charge in [0.15, 0.2) is 0 Å². The molecule has 0 heterocycles. The average molecular weight is 479 g/mol. The number of anilines is 1. The van der Waals surface area contributed by atoms with Crippen LogP contribution in [0.3, 0.4) is 0 Å². The molecular weight excluding hydrogens is 459 g/mol. The van der Waals surface area contributed by atoms with Gasteiger partial charge in [0.2, 0.25) is 0 Å². The van der Waals surface area contributed by atoms with Crippen molar-refractivity contribution in [2.24, 2.45) is 0 Å². The Morgan fingerprint density at radius 2 is 1.97 bits per heavy atom. The zero-order chi connectivity index (χ0) is 23.0. The normalized spacial score (nSPS) is 20.5. The summed E-state index contributed by atoms with van der Waals surface area (Å²) in [5.74, 6) is -1.21. The Labute approximate surface area is 189 Å². The van der Waals surface area contributed by atoms with Gasteiger partial charge in [-0.15, -0.1) is 0 Å². The number of nitrogens with one attached hydrogen (secondary N) is 1. The standard InChI is InChI=1S/C22H20ClFN2O5S/c23-16-10-20(31-19-3-1-2-17(19)24)18(8-14(16)11-25)26-32(29,30)21-9-13(22(27)28)6-7-15(21)12-4-5-12/h6-10,12,17,19,26H,1-5H2,(H,27,28)/t17-,19-/m1/s1. The molecule has 4 rings (SSSR count). The number of carbonyl (C=O) groups is 1. The van der Waals surface area contributed by atoms with Crippen molar-refractivity contribution in [1.82, 2.24) is 0 Å². The monoisotopic (exact) mass is 478 g/mol. The van der Waals surface area contributed by atoms with Gasteiger partial charge in [-0.3, -0.25) is 4.72 Å². The highest BCUT2D eigenvalue weighted by Gasteiger charge is 2.33. The van der Waals surface area contributed by atoms with Crippen LogP contribution in [0.1, 0.15) is 59.5 Å². The maximum Gasteiger partial charge on any atom is 0.335 e. The van der Waals surface area contributed by atoms with Gasteiger partial charge >= 0.3 is 5.97 Å². The highest BCUT2D eigenvalue weighted by atomic mass is 35.5. The smallest absolute Gasteiger partial charge is 0.335 e. The van der Waals surface area contributed by atoms with E-state index in [4.69, 9.17) is 16.3 Å². The predicted molar refractivity (Wildman–Crippen MR) is 116 cm³/mol. The molecule has 2 aliphatic rings. The summed E-state index contributed by atoms with van der Waals surface area (Å²) in [4.78, 5) is 11.3. The molecule has 2 fully saturated rings. The van der Waals surface area contributed by atoms with Crippen LogP contribution >= 0.6 is 11.6 Å². The molecule has 0 spiro atoms. The fourth-order valence-corrected chi connectivity index (χ4v) is 5.41. The van der Waals surface area contributed by atoms with Gasteiger partial charge in [0.05, 0.1) is 26.7 Å². The van der Waals surface area contributed by atoms with Gasteiger partial charge in [0.25, 0.3) is 10.0 Å². The van der Waals surface area contributed by atoms with Crippen LogP contribution in [0.15, 0.2) is 35.2 Å². The quantitative estimate of drug-likeness (QED) is 0.587. The second-order valence-electron chi connectivity index (χ2n) is 7.98. The first-order chi connectivity index (χ1) is 15.2. The topological polar surface area (TPSA) is 116 Å². The summed E-state index contributed by atoms with van der Waals surface area (Å²) < 4.78 is 48.9. The van der Waals surface area contributed by atoms with Crippen LogP contribution in [-0.4, -0.2) is 31.8 Å². The molecule has 2 aromatic rings. The van der Waals surface area contributed by atoms with Crippen molar-refractivity contribution in [2.45, 2.75) is 55.2 Å². The minimum absolute atomic E-state index is 0.00878. The highest BCUT2D eigenvalue weighted by molar-refractivity contribution is 7.92. The summed E-state index contributed by atoms with van der Waals surface area (Å²) in [6.07, 6.45) is 1.14. The van der Waals surface area contributed by atoms with Crippen LogP contribution in [0, 0.1) is 11.3 Å². The maximum atomic E-state index is 14.1. The molecule has 10 heteroatoms. The average Bonchev–Trinajstić information content (AvgIpc) is 3.52. The first-order valence-corrected chi connectivity index (χ1v) is 12.0. The lowest BCUT2D eigenvalue weighted by Crippen LogP contribution is -2.23. The lowest BCUT2D eigenvalue weighted by atomic mass is 10.1. The minimum Gasteiger partial charge on any atom is -0.485 e. The number of nitriles is 1. The molecule has 32 heavy (non-hydrogen) atoms. The van der Waals surface area contributed by atoms with E-state index in [0.717, 1.165) is 18.9 Å². The first kappa shape index (κ1) is 22.4. The van der Waals surface area contributed by atoms with Crippen LogP contribution in [-0.2, 0) is 10.0 Å². The Hall–Kier alpha value is -2.83. The van der Waals surface area contributed by atoms with Crippen molar-refractivity contribution in [1.29, 1.82) is 5.26 Å². The molecule has 0 saturated heterocycles. The van der Waals surface area contributed by atoms with Gasteiger partial charge in [0, 0.05) is 6.07 Å². The van der Waals surface area contributed by atoms with Crippen LogP contribution in [0.4, 0.5) is 10.1 Å². The number of alkyl halides is 1. The number of benzene rings is 2. The Morgan fingerprint density at radius 1 is 1.22 bits per heavy atom. The molecule has 2 saturated carbocycles. The number of carboxylic acids is 1. The Kier molecular flexibility index (Phi) is 6.01. The molecule has 0 amide bonds. The number of aromatic carboxylic acids is 1. The zero-order valence-electron chi connectivity index (χ0n) is 16.8. The third kappa shape index (κ3) is 4.52. The van der Waals surface area contributed by atoms with Gasteiger partial charge in [-0.25, -0.2) is 17.6 Å². The van der Waals surface area contributed by atoms with Crippen molar-refractivity contribution in [3.63, 3.8) is 0 Å². The largest absolute Gasteiger partial charge is 0.485 e. The Balaban J connectivity index is 1.75. The molecule has 0 radical (unpaired) electrons. The zero-order valence-corrected chi connectivity index (χ0v) is 18.4. The lowest BCUT2D eigenvalue weighted by molar-refractivity contribution is 0.0696. The number of hydrogen-bond donors (Lipinski definition) is 2. The Bertz CT molecular complexity index is 1220. The molecule has 2 aromatic carbocycles. The number of carboxylic acid groups (broad SMARTS) is 1. The lowest BCUT2D eigenvalue weighted by Gasteiger charge is -2.20. The highest BCUT2D eigenvalue weighted by Crippen LogP contribution is 2.44. The van der Waals surface area contributed by atoms with E-state index in [-0.39, 0.29) is 38.4 Å². The van der Waals surface area contributed by atoms with Crippen molar-refractivity contribution < 1.29 is 27.4 Å². The van der Waals surface area contributed by atoms with Gasteiger partial charge in [-0.05, 0) is 61.8 Å². The van der Waals surface area contributed by atoms with Crippen molar-refractivity contribution in [3.8, 4) is 11.8 Å². The molecule has 168 valence electrons. The molecule has 0 bridgehead atoms. The van der Waals surface area contributed by atoms with Crippen LogP contribution in [0.25, 0.3) is 0 Å². The molecule has 0 aromatic heterocycles. The molecular formula is C22H20ClFN2O5S. The fourth-order valence-electron chi connectivity index (χ4n) is 3.83. The van der Waals surface area contributed by atoms with Crippen molar-refractivity contribution >= 4 is 33.3 Å². The number of sulfonamides is 1. The van der Waals surface area contributed by atoms with E-state index in [2.05, 4.69) is 4.72 Å². The summed E-state index contributed by atoms with van der Waals surface area (Å²) in [6.45, 7) is 0. The molecule has 2 aliphatic carbocycles. The summed E-state index contributed by atoms with van der Waals surface area (Å²) in [5.41, 5.74) is 0.319. The number of rotatable bonds is 7. The fraction of sp³-hybridized carbons (Fsp3) is 0.364. The number of hydrogen-bond acceptors (Lipinski definition) is 5. The number of nitrogens with zero attached hydrogens (tertiary/aromatic N) is 1. The van der Waals surface area contributed by atoms with Gasteiger partial charge in [0.1, 0.15) is 24.1 Å². The predicted octanol–water partition coefficient (Wildman–Crippen LogP) is 4.86. The van der Waals surface area contributed by atoms with E-state index in [1.807, 2.05) is 6.07 Å². The molecule has 2 atom stereocenters. The van der Waals surface area contributed by atoms with Crippen LogP contribution in [0.2, 0.25) is 5.02 Å². The van der Waals surface area contributed by atoms with Crippen LogP contribution < -0.4 is 9.46 Å². The Morgan fingerprint density at radius 3 is 2.56 bits per heavy atom. The third-order valence-corrected chi connectivity index (χ3v) is 7.39. The summed E-state index contributed by atoms with van der Waals surface area (Å²) in [7, 11) is -4.25. The van der Waals surface area contributed by atoms with Gasteiger partial charge in [-0.2, -0.15) is 5.26 Å². The van der Waals surface area contributed by atoms with E-state index in [9.17, 15) is 28.0 Å². The van der Waals surface area contributed by atoms with E-state index in [1.54, 1.807) is 0 Å². The van der Waals surface area contributed by atoms with E-state index in [1.165, 1.54) is 24.3 Å². The second kappa shape index (κ2) is 8.60. The minimum atomic E-state index is -4.25. The maximum absolute atomic E-state index is 14.1. The van der Waals surface area contributed by atoms with Gasteiger partial charge in [-0.1, -0.05) is 17.7 Å². The van der Waals surface area contributed by atoms with E-state index >= 15 is 0 Å². The molecule has 7 nitrogen and oxygen atoms in total. The van der Waals surface area contributed by atoms with E-state index < -0.39 is 28.3 Å². The van der Waals surface area contributed by atoms with Crippen molar-refractivity contribution in [3.05, 3.63) is 52.0 Å². The van der Waals surface area contributed by atoms with Crippen molar-refractivity contribution in [2.75, 3.05) is 4.72 Å². The summed E-state index contributed by atoms with van der Waals surface area (Å²) in [6, 6.07) is 8.41. The molecule has 0 unspecified atom stereocenters. The number of halogens is 2. The van der Waals surface area contributed by atoms with Crippen LogP contribution in [0.5, 0.6) is 5.75 Å². The summed E-state index contributed by atoms with van der Waals surface area (Å²) in [5, 5.41) is 18.7. The first-order valence-electron chi connectivity index (χ1n) is 10.1. The SMILES string of the molecule is N#Cc1cc(NS(=O)(=O)c2cc(C(=O)O)ccc2C2CC2)c(O[C@@H]2CCC[C@H]2F)cc1Cl. The van der Waals surface area contributed by atoms with E-state index in [0.29, 0.717) is 24.8 Å². The molecule has 2 N–H and O–H groups in total. The third-order valence-electron chi connectivity index (χ3n) is 5.65. The summed E-state index contributed by atoms with van der Waals surface area (Å²) >= 11 is 6.10. The number of ether oxygens (including phenoxy) is 1. The second-order valence-corrected chi connectivity index (χ2v) is 10.0. The van der Waals surface area contributed by atoms with Gasteiger partial charge < -0.3 is 9.84 Å². The molecule has 0 aliphatic heterocycles.